The molecule has 0 unspecified atom stereocenters. The Bertz CT molecular complexity index is 373. The lowest BCUT2D eigenvalue weighted by molar-refractivity contribution is 0.251. The molecule has 0 bridgehead atoms. The molecule has 16 heavy (non-hydrogen) atoms. The van der Waals surface area contributed by atoms with Gasteiger partial charge in [-0.3, -0.25) is 9.88 Å². The van der Waals surface area contributed by atoms with E-state index in [0.717, 1.165) is 0 Å². The van der Waals surface area contributed by atoms with Gasteiger partial charge in [-0.2, -0.15) is 0 Å². The van der Waals surface area contributed by atoms with E-state index in [-0.39, 0.29) is 0 Å². The van der Waals surface area contributed by atoms with Gasteiger partial charge >= 0.3 is 0 Å². The number of hydrogen-bond donors (Lipinski definition) is 0. The van der Waals surface area contributed by atoms with Crippen LogP contribution < -0.4 is 0 Å². The molecule has 0 amide bonds. The van der Waals surface area contributed by atoms with E-state index in [9.17, 15) is 0 Å². The van der Waals surface area contributed by atoms with Crippen molar-refractivity contribution >= 4 is 6.08 Å². The largest absolute Gasteiger partial charge is 0.294 e. The highest BCUT2D eigenvalue weighted by Crippen LogP contribution is 2.40. The minimum atomic E-state index is 0.385. The van der Waals surface area contributed by atoms with E-state index in [1.54, 1.807) is 0 Å². The summed E-state index contributed by atoms with van der Waals surface area (Å²) in [6.45, 7) is 2.58. The highest BCUT2D eigenvalue weighted by molar-refractivity contribution is 5.49. The smallest absolute Gasteiger partial charge is 0.0395 e. The van der Waals surface area contributed by atoms with Crippen LogP contribution >= 0.6 is 0 Å². The molecule has 0 aromatic carbocycles. The molecule has 2 nitrogen and oxygen atoms in total. The van der Waals surface area contributed by atoms with E-state index in [0.29, 0.717) is 5.54 Å². The Morgan fingerprint density at radius 1 is 1.25 bits per heavy atom. The fourth-order valence-corrected chi connectivity index (χ4v) is 3.15. The first-order valence-electron chi connectivity index (χ1n) is 6.23. The molecule has 0 radical (unpaired) electrons. The molecule has 2 aliphatic heterocycles. The predicted octanol–water partition coefficient (Wildman–Crippen LogP) is 2.72. The minimum Gasteiger partial charge on any atom is -0.294 e. The van der Waals surface area contributed by atoms with Crippen LogP contribution in [0.1, 0.15) is 31.2 Å². The SMILES string of the molecule is C(=CC12CCCN1CCC2)c1cccnc1. The third-order valence-corrected chi connectivity index (χ3v) is 3.98. The number of fused-ring (bicyclic) bond motifs is 1. The van der Waals surface area contributed by atoms with Gasteiger partial charge in [0.15, 0.2) is 0 Å². The van der Waals surface area contributed by atoms with Gasteiger partial charge in [0.1, 0.15) is 0 Å². The summed E-state index contributed by atoms with van der Waals surface area (Å²) in [6.07, 6.45) is 13.8. The van der Waals surface area contributed by atoms with E-state index < -0.39 is 0 Å². The molecular weight excluding hydrogens is 196 g/mol. The van der Waals surface area contributed by atoms with Crippen molar-refractivity contribution in [3.63, 3.8) is 0 Å². The first-order valence-corrected chi connectivity index (χ1v) is 6.23. The normalized spacial score (nSPS) is 24.0. The molecule has 3 heterocycles. The van der Waals surface area contributed by atoms with Gasteiger partial charge in [0, 0.05) is 17.9 Å². The molecule has 0 spiro atoms. The van der Waals surface area contributed by atoms with Gasteiger partial charge in [0.2, 0.25) is 0 Å². The molecule has 2 heteroatoms. The second-order valence-electron chi connectivity index (χ2n) is 4.92. The Hall–Kier alpha value is -1.15. The van der Waals surface area contributed by atoms with Crippen molar-refractivity contribution in [3.8, 4) is 0 Å². The van der Waals surface area contributed by atoms with Crippen LogP contribution in [-0.4, -0.2) is 28.5 Å². The monoisotopic (exact) mass is 214 g/mol. The molecule has 84 valence electrons. The second-order valence-corrected chi connectivity index (χ2v) is 4.92. The van der Waals surface area contributed by atoms with Crippen molar-refractivity contribution in [1.29, 1.82) is 0 Å². The number of nitrogens with zero attached hydrogens (tertiary/aromatic N) is 2. The van der Waals surface area contributed by atoms with Crippen molar-refractivity contribution in [1.82, 2.24) is 9.88 Å². The highest BCUT2D eigenvalue weighted by atomic mass is 15.2. The average molecular weight is 214 g/mol. The van der Waals surface area contributed by atoms with E-state index in [1.165, 1.54) is 44.3 Å². The number of pyridine rings is 1. The Labute approximate surface area is 97.0 Å². The maximum atomic E-state index is 4.15. The number of hydrogen-bond acceptors (Lipinski definition) is 2. The molecule has 2 saturated heterocycles. The van der Waals surface area contributed by atoms with Crippen LogP contribution in [0.5, 0.6) is 0 Å². The maximum absolute atomic E-state index is 4.15. The van der Waals surface area contributed by atoms with Crippen molar-refractivity contribution < 1.29 is 0 Å². The molecule has 0 atom stereocenters. The van der Waals surface area contributed by atoms with Crippen LogP contribution in [0, 0.1) is 0 Å². The van der Waals surface area contributed by atoms with Gasteiger partial charge in [-0.05, 0) is 50.4 Å². The van der Waals surface area contributed by atoms with Crippen molar-refractivity contribution in [2.75, 3.05) is 13.1 Å². The van der Waals surface area contributed by atoms with E-state index in [2.05, 4.69) is 28.1 Å². The summed E-state index contributed by atoms with van der Waals surface area (Å²) in [4.78, 5) is 6.80. The zero-order chi connectivity index (χ0) is 10.8. The summed E-state index contributed by atoms with van der Waals surface area (Å²) in [5, 5.41) is 0. The lowest BCUT2D eigenvalue weighted by Crippen LogP contribution is -2.35. The van der Waals surface area contributed by atoms with Crippen molar-refractivity contribution in [2.45, 2.75) is 31.2 Å². The third-order valence-electron chi connectivity index (χ3n) is 3.98. The summed E-state index contributed by atoms with van der Waals surface area (Å²) in [7, 11) is 0. The molecular formula is C14H18N2. The van der Waals surface area contributed by atoms with Gasteiger partial charge < -0.3 is 0 Å². The van der Waals surface area contributed by atoms with Crippen LogP contribution in [-0.2, 0) is 0 Å². The summed E-state index contributed by atoms with van der Waals surface area (Å²) in [5.41, 5.74) is 1.60. The molecule has 0 N–H and O–H groups in total. The zero-order valence-corrected chi connectivity index (χ0v) is 9.60. The Balaban J connectivity index is 1.81. The number of rotatable bonds is 2. The van der Waals surface area contributed by atoms with Gasteiger partial charge in [-0.25, -0.2) is 0 Å². The molecule has 2 fully saturated rings. The summed E-state index contributed by atoms with van der Waals surface area (Å²) in [6, 6.07) is 4.12. The predicted molar refractivity (Wildman–Crippen MR) is 66.0 cm³/mol. The van der Waals surface area contributed by atoms with Crippen molar-refractivity contribution in [2.24, 2.45) is 0 Å². The quantitative estimate of drug-likeness (QED) is 0.752. The van der Waals surface area contributed by atoms with Crippen LogP contribution in [0.2, 0.25) is 0 Å². The summed E-state index contributed by atoms with van der Waals surface area (Å²) < 4.78 is 0. The Morgan fingerprint density at radius 2 is 2.06 bits per heavy atom. The van der Waals surface area contributed by atoms with Gasteiger partial charge in [-0.15, -0.1) is 0 Å². The van der Waals surface area contributed by atoms with E-state index in [4.69, 9.17) is 0 Å². The van der Waals surface area contributed by atoms with Gasteiger partial charge in [0.25, 0.3) is 0 Å². The second kappa shape index (κ2) is 4.02. The summed E-state index contributed by atoms with van der Waals surface area (Å²) in [5.74, 6) is 0. The molecule has 0 aliphatic carbocycles. The lowest BCUT2D eigenvalue weighted by atomic mass is 9.93. The third kappa shape index (κ3) is 1.67. The fourth-order valence-electron chi connectivity index (χ4n) is 3.15. The molecule has 2 aliphatic rings. The minimum absolute atomic E-state index is 0.385. The fraction of sp³-hybridized carbons (Fsp3) is 0.500. The van der Waals surface area contributed by atoms with E-state index in [1.807, 2.05) is 18.5 Å². The Kier molecular flexibility index (Phi) is 2.52. The van der Waals surface area contributed by atoms with Crippen LogP contribution in [0.3, 0.4) is 0 Å². The first-order chi connectivity index (χ1) is 7.89. The van der Waals surface area contributed by atoms with Crippen molar-refractivity contribution in [3.05, 3.63) is 36.2 Å². The summed E-state index contributed by atoms with van der Waals surface area (Å²) >= 11 is 0. The molecule has 1 aromatic heterocycles. The number of aromatic nitrogens is 1. The standard InChI is InChI=1S/C14H18N2/c1-4-13(12-15-9-1)5-8-14-6-2-10-16(14)11-3-7-14/h1,4-5,8-9,12H,2-3,6-7,10-11H2. The van der Waals surface area contributed by atoms with Gasteiger partial charge in [-0.1, -0.05) is 18.2 Å². The van der Waals surface area contributed by atoms with Crippen LogP contribution in [0.4, 0.5) is 0 Å². The van der Waals surface area contributed by atoms with Crippen LogP contribution in [0.15, 0.2) is 30.6 Å². The average Bonchev–Trinajstić information content (AvgIpc) is 2.87. The molecule has 3 rings (SSSR count). The maximum Gasteiger partial charge on any atom is 0.0395 e. The first kappa shape index (κ1) is 10.0. The lowest BCUT2D eigenvalue weighted by Gasteiger charge is -2.28. The topological polar surface area (TPSA) is 16.1 Å². The Morgan fingerprint density at radius 3 is 2.75 bits per heavy atom. The van der Waals surface area contributed by atoms with Gasteiger partial charge in [0.05, 0.1) is 0 Å². The zero-order valence-electron chi connectivity index (χ0n) is 9.60. The molecule has 1 aromatic rings. The molecule has 0 saturated carbocycles. The van der Waals surface area contributed by atoms with E-state index >= 15 is 0 Å². The highest BCUT2D eigenvalue weighted by Gasteiger charge is 2.41. The van der Waals surface area contributed by atoms with Crippen LogP contribution in [0.25, 0.3) is 6.08 Å².